The van der Waals surface area contributed by atoms with Crippen LogP contribution in [-0.2, 0) is 11.2 Å². The second kappa shape index (κ2) is 6.91. The second-order valence-electron chi connectivity index (χ2n) is 4.43. The van der Waals surface area contributed by atoms with E-state index >= 15 is 0 Å². The number of amides is 1. The third-order valence-electron chi connectivity index (χ3n) is 2.84. The summed E-state index contributed by atoms with van der Waals surface area (Å²) in [6, 6.07) is 7.87. The number of carbonyl (C=O) groups excluding carboxylic acids is 1. The summed E-state index contributed by atoms with van der Waals surface area (Å²) in [7, 11) is 1.50. The summed E-state index contributed by atoms with van der Waals surface area (Å²) >= 11 is 5.92. The van der Waals surface area contributed by atoms with Crippen LogP contribution in [0.2, 0.25) is 5.02 Å². The fraction of sp³-hybridized carbons (Fsp3) is 0.133. The van der Waals surface area contributed by atoms with Gasteiger partial charge in [-0.2, -0.15) is 0 Å². The number of hydrogen-bond donors (Lipinski definition) is 2. The van der Waals surface area contributed by atoms with Crippen LogP contribution in [0.15, 0.2) is 36.5 Å². The highest BCUT2D eigenvalue weighted by Crippen LogP contribution is 2.25. The van der Waals surface area contributed by atoms with Crippen LogP contribution >= 0.6 is 11.6 Å². The average molecular weight is 321 g/mol. The molecular weight excluding hydrogens is 308 g/mol. The summed E-state index contributed by atoms with van der Waals surface area (Å²) < 4.78 is 5.09. The third kappa shape index (κ3) is 3.95. The number of nitrogens with one attached hydrogen (secondary N) is 1. The second-order valence-corrected chi connectivity index (χ2v) is 4.84. The van der Waals surface area contributed by atoms with Crippen molar-refractivity contribution in [3.63, 3.8) is 0 Å². The van der Waals surface area contributed by atoms with Crippen LogP contribution in [0.3, 0.4) is 0 Å². The van der Waals surface area contributed by atoms with Gasteiger partial charge in [-0.05, 0) is 29.8 Å². The lowest BCUT2D eigenvalue weighted by molar-refractivity contribution is -0.115. The number of nitrogens with zero attached hydrogens (tertiary/aromatic N) is 1. The van der Waals surface area contributed by atoms with Gasteiger partial charge in [0, 0.05) is 11.9 Å². The van der Waals surface area contributed by atoms with Crippen LogP contribution < -0.4 is 10.1 Å². The number of carboxylic acid groups (broad SMARTS) is 1. The van der Waals surface area contributed by atoms with Crippen molar-refractivity contribution in [2.75, 3.05) is 12.4 Å². The number of aromatic carboxylic acids is 1. The Balaban J connectivity index is 2.07. The van der Waals surface area contributed by atoms with Gasteiger partial charge in [-0.3, -0.25) is 4.79 Å². The lowest BCUT2D eigenvalue weighted by Gasteiger charge is -2.08. The largest absolute Gasteiger partial charge is 0.495 e. The van der Waals surface area contributed by atoms with Crippen molar-refractivity contribution in [2.45, 2.75) is 6.42 Å². The zero-order valence-corrected chi connectivity index (χ0v) is 12.4. The van der Waals surface area contributed by atoms with E-state index in [0.717, 1.165) is 5.56 Å². The molecule has 1 aromatic heterocycles. The quantitative estimate of drug-likeness (QED) is 0.884. The van der Waals surface area contributed by atoms with Gasteiger partial charge in [0.2, 0.25) is 5.91 Å². The van der Waals surface area contributed by atoms with Crippen molar-refractivity contribution in [3.05, 3.63) is 52.8 Å². The lowest BCUT2D eigenvalue weighted by Crippen LogP contribution is -2.15. The zero-order valence-electron chi connectivity index (χ0n) is 11.7. The van der Waals surface area contributed by atoms with Crippen LogP contribution in [0.1, 0.15) is 16.1 Å². The van der Waals surface area contributed by atoms with E-state index in [9.17, 15) is 9.59 Å². The van der Waals surface area contributed by atoms with Gasteiger partial charge in [0.15, 0.2) is 0 Å². The maximum Gasteiger partial charge on any atom is 0.354 e. The standard InChI is InChI=1S/C15H13ClN2O4/c1-22-13-6-9(2-3-11(13)16)7-14(19)18-10-4-5-17-12(8-10)15(20)21/h2-6,8H,7H2,1H3,(H,20,21)(H,17,18,19). The fourth-order valence-corrected chi connectivity index (χ4v) is 2.02. The van der Waals surface area contributed by atoms with E-state index in [2.05, 4.69) is 10.3 Å². The summed E-state index contributed by atoms with van der Waals surface area (Å²) in [5.74, 6) is -0.950. The minimum atomic E-state index is -1.15. The van der Waals surface area contributed by atoms with E-state index < -0.39 is 5.97 Å². The van der Waals surface area contributed by atoms with Crippen molar-refractivity contribution in [3.8, 4) is 5.75 Å². The maximum absolute atomic E-state index is 12.0. The van der Waals surface area contributed by atoms with Gasteiger partial charge < -0.3 is 15.2 Å². The SMILES string of the molecule is COc1cc(CC(=O)Nc2ccnc(C(=O)O)c2)ccc1Cl. The van der Waals surface area contributed by atoms with Crippen molar-refractivity contribution in [1.29, 1.82) is 0 Å². The molecule has 114 valence electrons. The minimum Gasteiger partial charge on any atom is -0.495 e. The first kappa shape index (κ1) is 15.8. The molecule has 0 bridgehead atoms. The smallest absolute Gasteiger partial charge is 0.354 e. The van der Waals surface area contributed by atoms with Gasteiger partial charge in [-0.25, -0.2) is 9.78 Å². The number of pyridine rings is 1. The Bertz CT molecular complexity index is 718. The molecule has 0 saturated carbocycles. The molecule has 1 amide bonds. The predicted molar refractivity (Wildman–Crippen MR) is 81.5 cm³/mol. The van der Waals surface area contributed by atoms with Gasteiger partial charge in [0.05, 0.1) is 18.6 Å². The first-order chi connectivity index (χ1) is 10.5. The Kier molecular flexibility index (Phi) is 4.95. The summed E-state index contributed by atoms with van der Waals surface area (Å²) in [6.45, 7) is 0. The first-order valence-corrected chi connectivity index (χ1v) is 6.69. The summed E-state index contributed by atoms with van der Waals surface area (Å²) in [5, 5.41) is 11.9. The number of anilines is 1. The van der Waals surface area contributed by atoms with E-state index in [1.165, 1.54) is 25.4 Å². The number of hydrogen-bond acceptors (Lipinski definition) is 4. The number of carbonyl (C=O) groups is 2. The van der Waals surface area contributed by atoms with Crippen molar-refractivity contribution >= 4 is 29.2 Å². The third-order valence-corrected chi connectivity index (χ3v) is 3.16. The Morgan fingerprint density at radius 3 is 2.77 bits per heavy atom. The van der Waals surface area contributed by atoms with Crippen LogP contribution in [0, 0.1) is 0 Å². The highest BCUT2D eigenvalue weighted by molar-refractivity contribution is 6.32. The molecule has 0 atom stereocenters. The summed E-state index contributed by atoms with van der Waals surface area (Å²) in [5.41, 5.74) is 0.968. The average Bonchev–Trinajstić information content (AvgIpc) is 2.49. The van der Waals surface area contributed by atoms with E-state index in [0.29, 0.717) is 16.5 Å². The Morgan fingerprint density at radius 2 is 2.09 bits per heavy atom. The molecule has 0 aliphatic carbocycles. The molecule has 2 rings (SSSR count). The molecule has 0 fully saturated rings. The van der Waals surface area contributed by atoms with Crippen molar-refractivity contribution in [1.82, 2.24) is 4.98 Å². The van der Waals surface area contributed by atoms with Crippen molar-refractivity contribution < 1.29 is 19.4 Å². The number of methoxy groups -OCH3 is 1. The van der Waals surface area contributed by atoms with E-state index in [-0.39, 0.29) is 18.0 Å². The highest BCUT2D eigenvalue weighted by atomic mass is 35.5. The monoisotopic (exact) mass is 320 g/mol. The number of aromatic nitrogens is 1. The van der Waals surface area contributed by atoms with Gasteiger partial charge in [-0.15, -0.1) is 0 Å². The van der Waals surface area contributed by atoms with E-state index in [4.69, 9.17) is 21.4 Å². The van der Waals surface area contributed by atoms with Crippen LogP contribution in [0.5, 0.6) is 5.75 Å². The number of rotatable bonds is 5. The zero-order chi connectivity index (χ0) is 16.1. The molecule has 6 nitrogen and oxygen atoms in total. The van der Waals surface area contributed by atoms with Crippen LogP contribution in [-0.4, -0.2) is 29.1 Å². The molecule has 0 saturated heterocycles. The van der Waals surface area contributed by atoms with Crippen molar-refractivity contribution in [2.24, 2.45) is 0 Å². The van der Waals surface area contributed by atoms with E-state index in [1.54, 1.807) is 18.2 Å². The maximum atomic E-state index is 12.0. The first-order valence-electron chi connectivity index (χ1n) is 6.31. The molecule has 0 spiro atoms. The molecule has 0 aliphatic rings. The molecule has 1 aromatic carbocycles. The van der Waals surface area contributed by atoms with Gasteiger partial charge in [0.1, 0.15) is 11.4 Å². The number of carboxylic acids is 1. The molecule has 22 heavy (non-hydrogen) atoms. The highest BCUT2D eigenvalue weighted by Gasteiger charge is 2.09. The molecule has 1 heterocycles. The molecule has 7 heteroatoms. The van der Waals surface area contributed by atoms with Crippen LogP contribution in [0.4, 0.5) is 5.69 Å². The number of ether oxygens (including phenoxy) is 1. The minimum absolute atomic E-state index is 0.109. The normalized spacial score (nSPS) is 10.1. The lowest BCUT2D eigenvalue weighted by atomic mass is 10.1. The molecule has 0 radical (unpaired) electrons. The van der Waals surface area contributed by atoms with Crippen LogP contribution in [0.25, 0.3) is 0 Å². The number of halogens is 1. The molecule has 2 aromatic rings. The summed E-state index contributed by atoms with van der Waals surface area (Å²) in [4.78, 5) is 26.5. The van der Waals surface area contributed by atoms with Gasteiger partial charge in [0.25, 0.3) is 0 Å². The molecule has 2 N–H and O–H groups in total. The number of benzene rings is 1. The summed E-state index contributed by atoms with van der Waals surface area (Å²) in [6.07, 6.45) is 1.43. The molecular formula is C15H13ClN2O4. The van der Waals surface area contributed by atoms with Gasteiger partial charge >= 0.3 is 5.97 Å². The van der Waals surface area contributed by atoms with E-state index in [1.807, 2.05) is 0 Å². The van der Waals surface area contributed by atoms with Gasteiger partial charge in [-0.1, -0.05) is 17.7 Å². The predicted octanol–water partition coefficient (Wildman–Crippen LogP) is 2.62. The Hall–Kier alpha value is -2.60. The Morgan fingerprint density at radius 1 is 1.32 bits per heavy atom. The molecule has 0 unspecified atom stereocenters. The topological polar surface area (TPSA) is 88.5 Å². The molecule has 0 aliphatic heterocycles. The fourth-order valence-electron chi connectivity index (χ4n) is 1.83. The Labute approximate surface area is 131 Å².